The number of rotatable bonds is 3. The molecule has 1 aromatic heterocycles. The molecule has 2 aliphatic rings. The van der Waals surface area contributed by atoms with Crippen molar-refractivity contribution in [3.63, 3.8) is 0 Å². The normalized spacial score (nSPS) is 17.7. The molecule has 0 fully saturated rings. The quantitative estimate of drug-likeness (QED) is 0.554. The molecule has 3 heterocycles. The number of hydrogen-bond acceptors (Lipinski definition) is 3. The van der Waals surface area contributed by atoms with Crippen molar-refractivity contribution in [3.8, 4) is 5.75 Å². The molecule has 6 rings (SSSR count). The molecule has 0 bridgehead atoms. The molecule has 2 aliphatic heterocycles. The van der Waals surface area contributed by atoms with Crippen molar-refractivity contribution < 1.29 is 4.74 Å². The summed E-state index contributed by atoms with van der Waals surface area (Å²) in [6.45, 7) is 2.18. The molecule has 0 amide bonds. The Hall–Kier alpha value is -3.37. The van der Waals surface area contributed by atoms with Crippen LogP contribution in [0.15, 0.2) is 77.6 Å². The number of aromatic nitrogens is 1. The van der Waals surface area contributed by atoms with Crippen molar-refractivity contribution in [3.05, 3.63) is 111 Å². The lowest BCUT2D eigenvalue weighted by Crippen LogP contribution is -2.23. The van der Waals surface area contributed by atoms with E-state index in [0.29, 0.717) is 6.54 Å². The Morgan fingerprint density at radius 3 is 2.73 bits per heavy atom. The first kappa shape index (κ1) is 17.5. The third kappa shape index (κ3) is 2.76. The summed E-state index contributed by atoms with van der Waals surface area (Å²) >= 11 is 0. The highest BCUT2D eigenvalue weighted by Crippen LogP contribution is 2.40. The van der Waals surface area contributed by atoms with Crippen LogP contribution in [0.25, 0.3) is 10.9 Å². The van der Waals surface area contributed by atoms with Crippen molar-refractivity contribution in [1.82, 2.24) is 9.88 Å². The van der Waals surface area contributed by atoms with E-state index in [1.54, 1.807) is 0 Å². The van der Waals surface area contributed by atoms with E-state index in [1.165, 1.54) is 16.7 Å². The smallest absolute Gasteiger partial charge is 0.194 e. The SMILES string of the molecule is O=c1c2c([nH]c3ccccc13)[C@@H](c1ccc3c(c1)CCO3)N(Cc1ccccc1)C2. The molecule has 4 nitrogen and oxygen atoms in total. The maximum absolute atomic E-state index is 13.3. The predicted octanol–water partition coefficient (Wildman–Crippen LogP) is 4.57. The number of benzene rings is 3. The second kappa shape index (κ2) is 6.85. The van der Waals surface area contributed by atoms with Gasteiger partial charge >= 0.3 is 0 Å². The third-order valence-corrected chi connectivity index (χ3v) is 6.30. The van der Waals surface area contributed by atoms with E-state index < -0.39 is 0 Å². The van der Waals surface area contributed by atoms with Gasteiger partial charge in [-0.2, -0.15) is 0 Å². The summed E-state index contributed by atoms with van der Waals surface area (Å²) in [6, 6.07) is 24.8. The van der Waals surface area contributed by atoms with Gasteiger partial charge in [0.05, 0.1) is 12.6 Å². The van der Waals surface area contributed by atoms with Crippen LogP contribution in [0.4, 0.5) is 0 Å². The first-order valence-corrected chi connectivity index (χ1v) is 10.5. The molecule has 30 heavy (non-hydrogen) atoms. The van der Waals surface area contributed by atoms with Gasteiger partial charge in [-0.15, -0.1) is 0 Å². The number of H-pyrrole nitrogens is 1. The van der Waals surface area contributed by atoms with Gasteiger partial charge in [0, 0.05) is 41.7 Å². The van der Waals surface area contributed by atoms with Gasteiger partial charge in [0.15, 0.2) is 5.43 Å². The summed E-state index contributed by atoms with van der Waals surface area (Å²) in [6.07, 6.45) is 0.940. The highest BCUT2D eigenvalue weighted by molar-refractivity contribution is 5.79. The highest BCUT2D eigenvalue weighted by atomic mass is 16.5. The molecule has 148 valence electrons. The van der Waals surface area contributed by atoms with Gasteiger partial charge in [-0.25, -0.2) is 0 Å². The van der Waals surface area contributed by atoms with Gasteiger partial charge in [0.2, 0.25) is 0 Å². The molecule has 0 spiro atoms. The van der Waals surface area contributed by atoms with Gasteiger partial charge in [-0.05, 0) is 34.9 Å². The van der Waals surface area contributed by atoms with Crippen LogP contribution in [-0.4, -0.2) is 16.5 Å². The van der Waals surface area contributed by atoms with E-state index in [-0.39, 0.29) is 11.5 Å². The summed E-state index contributed by atoms with van der Waals surface area (Å²) in [5.41, 5.74) is 6.65. The van der Waals surface area contributed by atoms with Crippen molar-refractivity contribution in [2.24, 2.45) is 0 Å². The number of ether oxygens (including phenoxy) is 1. The molecule has 1 atom stereocenters. The Labute approximate surface area is 174 Å². The number of para-hydroxylation sites is 1. The zero-order valence-corrected chi connectivity index (χ0v) is 16.6. The summed E-state index contributed by atoms with van der Waals surface area (Å²) in [4.78, 5) is 19.3. The largest absolute Gasteiger partial charge is 0.493 e. The van der Waals surface area contributed by atoms with E-state index in [2.05, 4.69) is 52.3 Å². The number of nitrogens with one attached hydrogen (secondary N) is 1. The second-order valence-electron chi connectivity index (χ2n) is 8.15. The summed E-state index contributed by atoms with van der Waals surface area (Å²) in [7, 11) is 0. The molecular weight excluding hydrogens is 372 g/mol. The number of hydrogen-bond donors (Lipinski definition) is 1. The Bertz CT molecular complexity index is 1310. The third-order valence-electron chi connectivity index (χ3n) is 6.30. The molecule has 0 saturated carbocycles. The van der Waals surface area contributed by atoms with Crippen LogP contribution in [-0.2, 0) is 19.5 Å². The fraction of sp³-hybridized carbons (Fsp3) is 0.192. The monoisotopic (exact) mass is 394 g/mol. The van der Waals surface area contributed by atoms with E-state index in [4.69, 9.17) is 4.74 Å². The van der Waals surface area contributed by atoms with Gasteiger partial charge in [-0.3, -0.25) is 9.69 Å². The van der Waals surface area contributed by atoms with Crippen LogP contribution in [0.5, 0.6) is 5.75 Å². The predicted molar refractivity (Wildman–Crippen MR) is 118 cm³/mol. The van der Waals surface area contributed by atoms with Crippen molar-refractivity contribution in [2.75, 3.05) is 6.61 Å². The first-order valence-electron chi connectivity index (χ1n) is 10.5. The average Bonchev–Trinajstić information content (AvgIpc) is 3.38. The maximum atomic E-state index is 13.3. The Morgan fingerprint density at radius 2 is 1.83 bits per heavy atom. The molecule has 0 radical (unpaired) electrons. The molecule has 0 aliphatic carbocycles. The lowest BCUT2D eigenvalue weighted by Gasteiger charge is -2.26. The molecule has 3 aromatic carbocycles. The maximum Gasteiger partial charge on any atom is 0.194 e. The minimum Gasteiger partial charge on any atom is -0.493 e. The van der Waals surface area contributed by atoms with Crippen molar-refractivity contribution in [1.29, 1.82) is 0 Å². The van der Waals surface area contributed by atoms with Crippen LogP contribution in [0, 0.1) is 0 Å². The lowest BCUT2D eigenvalue weighted by atomic mass is 9.98. The minimum absolute atomic E-state index is 0.0170. The Balaban J connectivity index is 1.52. The standard InChI is InChI=1S/C26H22N2O2/c29-26-20-8-4-5-9-22(20)27-24-21(26)16-28(15-17-6-2-1-3-7-17)25(24)19-10-11-23-18(14-19)12-13-30-23/h1-11,14,25H,12-13,15-16H2,(H,27,29)/t25-/m1/s1. The van der Waals surface area contributed by atoms with Crippen LogP contribution in [0.2, 0.25) is 0 Å². The van der Waals surface area contributed by atoms with Crippen LogP contribution in [0.3, 0.4) is 0 Å². The molecule has 0 saturated heterocycles. The van der Waals surface area contributed by atoms with Gasteiger partial charge in [-0.1, -0.05) is 54.6 Å². The van der Waals surface area contributed by atoms with Gasteiger partial charge in [0.25, 0.3) is 0 Å². The summed E-state index contributed by atoms with van der Waals surface area (Å²) in [5, 5.41) is 0.763. The summed E-state index contributed by atoms with van der Waals surface area (Å²) < 4.78 is 5.71. The zero-order chi connectivity index (χ0) is 20.1. The minimum atomic E-state index is 0.0170. The average molecular weight is 394 g/mol. The van der Waals surface area contributed by atoms with Gasteiger partial charge in [0.1, 0.15) is 5.75 Å². The van der Waals surface area contributed by atoms with Crippen molar-refractivity contribution in [2.45, 2.75) is 25.6 Å². The number of fused-ring (bicyclic) bond motifs is 3. The number of nitrogens with zero attached hydrogens (tertiary/aromatic N) is 1. The fourth-order valence-corrected chi connectivity index (χ4v) is 4.88. The van der Waals surface area contributed by atoms with Crippen molar-refractivity contribution >= 4 is 10.9 Å². The van der Waals surface area contributed by atoms with E-state index in [9.17, 15) is 4.79 Å². The zero-order valence-electron chi connectivity index (χ0n) is 16.6. The molecule has 1 N–H and O–H groups in total. The lowest BCUT2D eigenvalue weighted by molar-refractivity contribution is 0.233. The Kier molecular flexibility index (Phi) is 3.99. The van der Waals surface area contributed by atoms with E-state index in [0.717, 1.165) is 47.5 Å². The number of pyridine rings is 1. The first-order chi connectivity index (χ1) is 14.8. The fourth-order valence-electron chi connectivity index (χ4n) is 4.88. The highest BCUT2D eigenvalue weighted by Gasteiger charge is 2.35. The topological polar surface area (TPSA) is 45.3 Å². The molecular formula is C26H22N2O2. The van der Waals surface area contributed by atoms with Crippen LogP contribution < -0.4 is 10.2 Å². The van der Waals surface area contributed by atoms with Gasteiger partial charge < -0.3 is 9.72 Å². The molecule has 0 unspecified atom stereocenters. The van der Waals surface area contributed by atoms with E-state index in [1.807, 2.05) is 30.3 Å². The van der Waals surface area contributed by atoms with Crippen LogP contribution >= 0.6 is 0 Å². The van der Waals surface area contributed by atoms with Crippen LogP contribution in [0.1, 0.15) is 34.0 Å². The second-order valence-corrected chi connectivity index (χ2v) is 8.15. The number of aromatic amines is 1. The molecule has 4 aromatic rings. The van der Waals surface area contributed by atoms with E-state index >= 15 is 0 Å². The summed E-state index contributed by atoms with van der Waals surface area (Å²) in [5.74, 6) is 0.985. The molecule has 4 heteroatoms. The Morgan fingerprint density at radius 1 is 1.00 bits per heavy atom.